The predicted octanol–water partition coefficient (Wildman–Crippen LogP) is 1.79. The minimum Gasteiger partial charge on any atom is -0.284 e. The van der Waals surface area contributed by atoms with Crippen LogP contribution in [0.5, 0.6) is 0 Å². The molecule has 0 spiro atoms. The van der Waals surface area contributed by atoms with E-state index in [1.54, 1.807) is 24.3 Å². The predicted molar refractivity (Wildman–Crippen MR) is 65.3 cm³/mol. The van der Waals surface area contributed by atoms with Crippen molar-refractivity contribution < 1.29 is 13.3 Å². The van der Waals surface area contributed by atoms with Crippen molar-refractivity contribution in [3.63, 3.8) is 0 Å². The molecule has 1 fully saturated rings. The van der Waals surface area contributed by atoms with Crippen LogP contribution in [0.2, 0.25) is 0 Å². The number of halogens is 1. The van der Waals surface area contributed by atoms with Crippen LogP contribution in [-0.2, 0) is 21.3 Å². The lowest BCUT2D eigenvalue weighted by molar-refractivity contribution is -0.0284. The fourth-order valence-corrected chi connectivity index (χ4v) is 3.19. The summed E-state index contributed by atoms with van der Waals surface area (Å²) in [4.78, 5) is 5.34. The molecule has 17 heavy (non-hydrogen) atoms. The molecular weight excluding hydrogens is 262 g/mol. The highest BCUT2D eigenvalue weighted by Crippen LogP contribution is 2.20. The van der Waals surface area contributed by atoms with Gasteiger partial charge < -0.3 is 0 Å². The van der Waals surface area contributed by atoms with Gasteiger partial charge in [-0.05, 0) is 30.5 Å². The third-order valence-corrected chi connectivity index (χ3v) is 4.47. The maximum Gasteiger partial charge on any atom is 0.265 e. The van der Waals surface area contributed by atoms with Crippen LogP contribution < -0.4 is 0 Å². The lowest BCUT2D eigenvalue weighted by Crippen LogP contribution is -2.26. The second kappa shape index (κ2) is 5.35. The van der Waals surface area contributed by atoms with Gasteiger partial charge in [-0.1, -0.05) is 16.6 Å². The van der Waals surface area contributed by atoms with Gasteiger partial charge in [0.1, 0.15) is 0 Å². The van der Waals surface area contributed by atoms with Gasteiger partial charge in [0.2, 0.25) is 0 Å². The van der Waals surface area contributed by atoms with E-state index in [1.807, 2.05) is 0 Å². The third-order valence-electron chi connectivity index (χ3n) is 2.59. The van der Waals surface area contributed by atoms with Crippen LogP contribution >= 0.6 is 11.6 Å². The Bertz CT molecular complexity index is 466. The molecule has 0 radical (unpaired) electrons. The van der Waals surface area contributed by atoms with E-state index in [4.69, 9.17) is 16.4 Å². The summed E-state index contributed by atoms with van der Waals surface area (Å²) in [5, 5.41) is 0. The van der Waals surface area contributed by atoms with Crippen molar-refractivity contribution in [1.82, 2.24) is 4.47 Å². The Morgan fingerprint density at radius 3 is 2.53 bits per heavy atom. The number of benzene rings is 1. The molecule has 1 aromatic carbocycles. The summed E-state index contributed by atoms with van der Waals surface area (Å²) in [6, 6.07) is 6.76. The summed E-state index contributed by atoms with van der Waals surface area (Å²) >= 11 is 5.62. The van der Waals surface area contributed by atoms with Gasteiger partial charge in [-0.3, -0.25) is 4.84 Å². The molecule has 1 aromatic rings. The average Bonchev–Trinajstić information content (AvgIpc) is 2.84. The summed E-state index contributed by atoms with van der Waals surface area (Å²) in [6.45, 7) is 0.884. The first-order valence-corrected chi connectivity index (χ1v) is 7.42. The molecule has 1 aliphatic rings. The highest BCUT2D eigenvalue weighted by molar-refractivity contribution is 7.89. The Labute approximate surface area is 106 Å². The molecule has 2 rings (SSSR count). The number of hydrogen-bond acceptors (Lipinski definition) is 3. The van der Waals surface area contributed by atoms with Crippen molar-refractivity contribution in [2.45, 2.75) is 17.7 Å². The minimum atomic E-state index is -3.49. The van der Waals surface area contributed by atoms with Gasteiger partial charge in [-0.25, -0.2) is 8.42 Å². The van der Waals surface area contributed by atoms with Crippen LogP contribution in [0.4, 0.5) is 0 Å². The smallest absolute Gasteiger partial charge is 0.265 e. The zero-order chi connectivity index (χ0) is 12.3. The lowest BCUT2D eigenvalue weighted by atomic mass is 10.2. The fourth-order valence-electron chi connectivity index (χ4n) is 1.67. The molecular formula is C11H14ClNO3S. The van der Waals surface area contributed by atoms with Gasteiger partial charge >= 0.3 is 0 Å². The number of rotatable bonds is 4. The lowest BCUT2D eigenvalue weighted by Gasteiger charge is -2.14. The molecule has 0 amide bonds. The van der Waals surface area contributed by atoms with E-state index in [-0.39, 0.29) is 4.90 Å². The molecule has 0 aliphatic carbocycles. The summed E-state index contributed by atoms with van der Waals surface area (Å²) in [7, 11) is -3.49. The van der Waals surface area contributed by atoms with Crippen LogP contribution in [0.15, 0.2) is 29.2 Å². The van der Waals surface area contributed by atoms with Gasteiger partial charge in [0, 0.05) is 12.4 Å². The van der Waals surface area contributed by atoms with Crippen LogP contribution in [0.3, 0.4) is 0 Å². The summed E-state index contributed by atoms with van der Waals surface area (Å²) in [5.41, 5.74) is 1.03. The van der Waals surface area contributed by atoms with E-state index >= 15 is 0 Å². The van der Waals surface area contributed by atoms with E-state index in [2.05, 4.69) is 0 Å². The molecule has 4 nitrogen and oxygen atoms in total. The van der Waals surface area contributed by atoms with Crippen molar-refractivity contribution in [2.24, 2.45) is 0 Å². The fraction of sp³-hybridized carbons (Fsp3) is 0.455. The van der Waals surface area contributed by atoms with E-state index in [0.29, 0.717) is 19.0 Å². The Balaban J connectivity index is 2.21. The Morgan fingerprint density at radius 1 is 1.29 bits per heavy atom. The number of nitrogens with zero attached hydrogens (tertiary/aromatic N) is 1. The largest absolute Gasteiger partial charge is 0.284 e. The number of sulfonamides is 1. The molecule has 0 saturated carbocycles. The first-order valence-electron chi connectivity index (χ1n) is 5.45. The van der Waals surface area contributed by atoms with E-state index in [9.17, 15) is 8.42 Å². The number of alkyl halides is 1. The van der Waals surface area contributed by atoms with Gasteiger partial charge in [-0.15, -0.1) is 11.6 Å². The van der Waals surface area contributed by atoms with Gasteiger partial charge in [-0.2, -0.15) is 0 Å². The topological polar surface area (TPSA) is 46.6 Å². The SMILES string of the molecule is O=S(=O)(c1ccc(CCCl)cc1)N1CCCO1. The van der Waals surface area contributed by atoms with Crippen molar-refractivity contribution in [3.8, 4) is 0 Å². The number of hydrogen-bond donors (Lipinski definition) is 0. The van der Waals surface area contributed by atoms with Crippen LogP contribution in [-0.4, -0.2) is 31.9 Å². The molecule has 0 N–H and O–H groups in total. The Morgan fingerprint density at radius 2 is 2.00 bits per heavy atom. The summed E-state index contributed by atoms with van der Waals surface area (Å²) in [6.07, 6.45) is 1.48. The van der Waals surface area contributed by atoms with E-state index in [0.717, 1.165) is 22.9 Å². The molecule has 94 valence electrons. The van der Waals surface area contributed by atoms with Gasteiger partial charge in [0.25, 0.3) is 10.0 Å². The van der Waals surface area contributed by atoms with Crippen molar-refractivity contribution in [3.05, 3.63) is 29.8 Å². The third kappa shape index (κ3) is 2.80. The van der Waals surface area contributed by atoms with Crippen LogP contribution in [0.25, 0.3) is 0 Å². The maximum atomic E-state index is 12.1. The van der Waals surface area contributed by atoms with Crippen molar-refractivity contribution in [1.29, 1.82) is 0 Å². The van der Waals surface area contributed by atoms with Crippen LogP contribution in [0.1, 0.15) is 12.0 Å². The Hall–Kier alpha value is -0.620. The molecule has 1 saturated heterocycles. The highest BCUT2D eigenvalue weighted by Gasteiger charge is 2.28. The zero-order valence-electron chi connectivity index (χ0n) is 9.30. The second-order valence-electron chi connectivity index (χ2n) is 3.80. The Kier molecular flexibility index (Phi) is 4.04. The quantitative estimate of drug-likeness (QED) is 0.787. The molecule has 0 bridgehead atoms. The highest BCUT2D eigenvalue weighted by atomic mass is 35.5. The first kappa shape index (κ1) is 12.8. The van der Waals surface area contributed by atoms with Crippen molar-refractivity contribution in [2.75, 3.05) is 19.0 Å². The molecule has 1 aliphatic heterocycles. The standard InChI is InChI=1S/C11H14ClNO3S/c12-7-6-10-2-4-11(5-3-10)17(14,15)13-8-1-9-16-13/h2-5H,1,6-9H2. The maximum absolute atomic E-state index is 12.1. The summed E-state index contributed by atoms with van der Waals surface area (Å²) < 4.78 is 25.2. The summed E-state index contributed by atoms with van der Waals surface area (Å²) in [5.74, 6) is 0.529. The average molecular weight is 276 g/mol. The normalized spacial score (nSPS) is 17.5. The van der Waals surface area contributed by atoms with E-state index < -0.39 is 10.0 Å². The second-order valence-corrected chi connectivity index (χ2v) is 6.01. The number of hydroxylamine groups is 1. The molecule has 0 aromatic heterocycles. The first-order chi connectivity index (χ1) is 8.14. The molecule has 6 heteroatoms. The molecule has 1 heterocycles. The monoisotopic (exact) mass is 275 g/mol. The zero-order valence-corrected chi connectivity index (χ0v) is 10.9. The van der Waals surface area contributed by atoms with Crippen LogP contribution in [0, 0.1) is 0 Å². The number of aryl methyl sites for hydroxylation is 1. The van der Waals surface area contributed by atoms with Gasteiger partial charge in [0.15, 0.2) is 0 Å². The molecule has 0 atom stereocenters. The van der Waals surface area contributed by atoms with Gasteiger partial charge in [0.05, 0.1) is 11.5 Å². The minimum absolute atomic E-state index is 0.262. The molecule has 0 unspecified atom stereocenters. The van der Waals surface area contributed by atoms with E-state index in [1.165, 1.54) is 0 Å². The van der Waals surface area contributed by atoms with Crippen molar-refractivity contribution >= 4 is 21.6 Å².